The van der Waals surface area contributed by atoms with Gasteiger partial charge in [0.05, 0.1) is 5.02 Å². The van der Waals surface area contributed by atoms with Crippen LogP contribution in [0.15, 0.2) is 24.5 Å². The monoisotopic (exact) mass is 404 g/mol. The van der Waals surface area contributed by atoms with Crippen LogP contribution in [0.5, 0.6) is 0 Å². The van der Waals surface area contributed by atoms with Crippen LogP contribution in [0.4, 0.5) is 5.82 Å². The molecule has 0 unspecified atom stereocenters. The molecule has 0 bridgehead atoms. The average Bonchev–Trinajstić information content (AvgIpc) is 2.89. The summed E-state index contributed by atoms with van der Waals surface area (Å²) in [7, 11) is 0. The lowest BCUT2D eigenvalue weighted by molar-refractivity contribution is -0.125. The van der Waals surface area contributed by atoms with Crippen molar-refractivity contribution >= 4 is 23.3 Å². The summed E-state index contributed by atoms with van der Waals surface area (Å²) in [4.78, 5) is 21.6. The van der Waals surface area contributed by atoms with Crippen LogP contribution >= 0.6 is 11.6 Å². The zero-order valence-corrected chi connectivity index (χ0v) is 17.8. The van der Waals surface area contributed by atoms with E-state index in [1.54, 1.807) is 0 Å². The quantitative estimate of drug-likeness (QED) is 0.723. The van der Waals surface area contributed by atoms with Crippen molar-refractivity contribution in [3.05, 3.63) is 35.1 Å². The first-order chi connectivity index (χ1) is 13.5. The van der Waals surface area contributed by atoms with Gasteiger partial charge in [-0.3, -0.25) is 4.79 Å². The number of carbonyl (C=O) groups excluding carboxylic acids is 1. The molecule has 5 nitrogen and oxygen atoms in total. The summed E-state index contributed by atoms with van der Waals surface area (Å²) in [6.07, 6.45) is 9.45. The number of halogens is 1. The minimum Gasteiger partial charge on any atom is -0.375 e. The fourth-order valence-corrected chi connectivity index (χ4v) is 4.47. The van der Waals surface area contributed by atoms with Gasteiger partial charge in [-0.2, -0.15) is 0 Å². The van der Waals surface area contributed by atoms with Gasteiger partial charge in [-0.25, -0.2) is 4.98 Å². The summed E-state index contributed by atoms with van der Waals surface area (Å²) < 4.78 is 0. The third-order valence-electron chi connectivity index (χ3n) is 5.87. The van der Waals surface area contributed by atoms with E-state index in [4.69, 9.17) is 11.6 Å². The van der Waals surface area contributed by atoms with E-state index in [9.17, 15) is 4.79 Å². The van der Waals surface area contributed by atoms with E-state index in [2.05, 4.69) is 26.7 Å². The Bertz CT molecular complexity index is 685. The number of nitrogens with one attached hydrogen (secondary N) is 1. The van der Waals surface area contributed by atoms with Crippen LogP contribution in [0.25, 0.3) is 0 Å². The van der Waals surface area contributed by atoms with Gasteiger partial charge in [-0.15, -0.1) is 0 Å². The Morgan fingerprint density at radius 1 is 1.29 bits per heavy atom. The molecule has 0 saturated carbocycles. The number of anilines is 1. The molecule has 0 aliphatic carbocycles. The maximum atomic E-state index is 12.5. The Morgan fingerprint density at radius 3 is 2.82 bits per heavy atom. The average molecular weight is 405 g/mol. The minimum atomic E-state index is 0.0913. The topological polar surface area (TPSA) is 48.5 Å². The summed E-state index contributed by atoms with van der Waals surface area (Å²) in [5, 5.41) is 3.83. The molecule has 2 aliphatic heterocycles. The summed E-state index contributed by atoms with van der Waals surface area (Å²) >= 11 is 6.34. The number of likely N-dealkylation sites (tertiary alicyclic amines) is 1. The van der Waals surface area contributed by atoms with Crippen molar-refractivity contribution in [2.75, 3.05) is 37.6 Å². The molecule has 0 atom stereocenters. The van der Waals surface area contributed by atoms with Crippen LogP contribution in [0.3, 0.4) is 0 Å². The maximum Gasteiger partial charge on any atom is 0.223 e. The molecule has 2 fully saturated rings. The Labute approximate surface area is 174 Å². The van der Waals surface area contributed by atoms with Gasteiger partial charge in [0, 0.05) is 50.5 Å². The van der Waals surface area contributed by atoms with Gasteiger partial charge >= 0.3 is 0 Å². The predicted octanol–water partition coefficient (Wildman–Crippen LogP) is 4.16. The maximum absolute atomic E-state index is 12.5. The zero-order valence-electron chi connectivity index (χ0n) is 17.1. The number of hydrogen-bond acceptors (Lipinski definition) is 4. The first-order valence-corrected chi connectivity index (χ1v) is 11.0. The number of aromatic nitrogens is 1. The standard InChI is InChI=1S/C22H33ClN4O/c1-17-15-20(23)21(25-16-17)27-13-8-19(9-14-27)22(28)24-10-6-12-26-11-5-3-4-7-18(26)2/h15-16,19H,2-14H2,1H3,(H,24,28). The fraction of sp³-hybridized carbons (Fsp3) is 0.636. The summed E-state index contributed by atoms with van der Waals surface area (Å²) in [6, 6.07) is 1.95. The van der Waals surface area contributed by atoms with E-state index in [1.807, 2.05) is 19.2 Å². The van der Waals surface area contributed by atoms with Crippen molar-refractivity contribution in [1.29, 1.82) is 0 Å². The third-order valence-corrected chi connectivity index (χ3v) is 6.15. The highest BCUT2D eigenvalue weighted by atomic mass is 35.5. The second-order valence-corrected chi connectivity index (χ2v) is 8.50. The number of amides is 1. The molecular weight excluding hydrogens is 372 g/mol. The molecule has 1 amide bonds. The molecule has 0 spiro atoms. The highest BCUT2D eigenvalue weighted by Crippen LogP contribution is 2.28. The normalized spacial score (nSPS) is 18.9. The lowest BCUT2D eigenvalue weighted by atomic mass is 9.96. The van der Waals surface area contributed by atoms with Crippen LogP contribution in [0.2, 0.25) is 5.02 Å². The summed E-state index contributed by atoms with van der Waals surface area (Å²) in [5.74, 6) is 1.12. The molecule has 1 aromatic heterocycles. The number of piperidine rings is 1. The molecule has 2 aliphatic rings. The van der Waals surface area contributed by atoms with Crippen LogP contribution in [0.1, 0.15) is 50.5 Å². The third kappa shape index (κ3) is 5.63. The smallest absolute Gasteiger partial charge is 0.223 e. The summed E-state index contributed by atoms with van der Waals surface area (Å²) in [6.45, 7) is 10.7. The van der Waals surface area contributed by atoms with E-state index < -0.39 is 0 Å². The Hall–Kier alpha value is -1.75. The number of hydrogen-bond donors (Lipinski definition) is 1. The van der Waals surface area contributed by atoms with Crippen molar-refractivity contribution in [3.63, 3.8) is 0 Å². The van der Waals surface area contributed by atoms with Crippen molar-refractivity contribution in [3.8, 4) is 0 Å². The van der Waals surface area contributed by atoms with Crippen LogP contribution in [-0.2, 0) is 4.79 Å². The largest absolute Gasteiger partial charge is 0.375 e. The Kier molecular flexibility index (Phi) is 7.60. The first-order valence-electron chi connectivity index (χ1n) is 10.6. The van der Waals surface area contributed by atoms with E-state index in [0.717, 1.165) is 69.8 Å². The lowest BCUT2D eigenvalue weighted by Crippen LogP contribution is -2.41. The Balaban J connectivity index is 1.37. The zero-order chi connectivity index (χ0) is 19.9. The molecule has 28 heavy (non-hydrogen) atoms. The van der Waals surface area contributed by atoms with Gasteiger partial charge in [-0.05, 0) is 57.1 Å². The molecule has 6 heteroatoms. The number of nitrogens with zero attached hydrogens (tertiary/aromatic N) is 3. The highest BCUT2D eigenvalue weighted by molar-refractivity contribution is 6.33. The van der Waals surface area contributed by atoms with Crippen molar-refractivity contribution < 1.29 is 4.79 Å². The number of pyridine rings is 1. The van der Waals surface area contributed by atoms with Crippen LogP contribution in [-0.4, -0.2) is 48.5 Å². The highest BCUT2D eigenvalue weighted by Gasteiger charge is 2.26. The van der Waals surface area contributed by atoms with E-state index in [1.165, 1.54) is 25.0 Å². The van der Waals surface area contributed by atoms with Crippen LogP contribution in [0, 0.1) is 12.8 Å². The minimum absolute atomic E-state index is 0.0913. The SMILES string of the molecule is C=C1CCCCCN1CCCNC(=O)C1CCN(c2ncc(C)cc2Cl)CC1. The predicted molar refractivity (Wildman–Crippen MR) is 116 cm³/mol. The molecule has 0 radical (unpaired) electrons. The Morgan fingerprint density at radius 2 is 2.07 bits per heavy atom. The molecule has 1 aromatic rings. The van der Waals surface area contributed by atoms with Crippen molar-refractivity contribution in [1.82, 2.24) is 15.2 Å². The molecule has 3 rings (SSSR count). The summed E-state index contributed by atoms with van der Waals surface area (Å²) in [5.41, 5.74) is 2.33. The van der Waals surface area contributed by atoms with Gasteiger partial charge in [0.2, 0.25) is 5.91 Å². The molecule has 2 saturated heterocycles. The van der Waals surface area contributed by atoms with Gasteiger partial charge in [-0.1, -0.05) is 24.6 Å². The van der Waals surface area contributed by atoms with E-state index >= 15 is 0 Å². The molecule has 3 heterocycles. The fourth-order valence-electron chi connectivity index (χ4n) is 4.13. The second-order valence-electron chi connectivity index (χ2n) is 8.09. The second kappa shape index (κ2) is 10.1. The van der Waals surface area contributed by atoms with Crippen molar-refractivity contribution in [2.24, 2.45) is 5.92 Å². The number of rotatable bonds is 6. The number of carbonyl (C=O) groups is 1. The lowest BCUT2D eigenvalue weighted by Gasteiger charge is -2.32. The molecule has 1 N–H and O–H groups in total. The van der Waals surface area contributed by atoms with E-state index in [0.29, 0.717) is 5.02 Å². The first kappa shape index (κ1) is 21.0. The van der Waals surface area contributed by atoms with Crippen LogP contribution < -0.4 is 10.2 Å². The van der Waals surface area contributed by atoms with Gasteiger partial charge < -0.3 is 15.1 Å². The molecular formula is C22H33ClN4O. The molecule has 0 aromatic carbocycles. The van der Waals surface area contributed by atoms with Crippen molar-refractivity contribution in [2.45, 2.75) is 51.9 Å². The van der Waals surface area contributed by atoms with Gasteiger partial charge in [0.15, 0.2) is 0 Å². The van der Waals surface area contributed by atoms with Gasteiger partial charge in [0.25, 0.3) is 0 Å². The molecule has 154 valence electrons. The number of aryl methyl sites for hydroxylation is 1. The number of allylic oxidation sites excluding steroid dienone is 1. The van der Waals surface area contributed by atoms with E-state index in [-0.39, 0.29) is 11.8 Å². The van der Waals surface area contributed by atoms with Gasteiger partial charge in [0.1, 0.15) is 5.82 Å².